The predicted octanol–water partition coefficient (Wildman–Crippen LogP) is 1.12. The van der Waals surface area contributed by atoms with Crippen LogP contribution < -0.4 is 0 Å². The molecule has 0 amide bonds. The Hall–Kier alpha value is -0.150. The van der Waals surface area contributed by atoms with E-state index in [1.54, 1.807) is 0 Å². The highest BCUT2D eigenvalue weighted by atomic mass is 32.1. The van der Waals surface area contributed by atoms with Crippen molar-refractivity contribution in [3.63, 3.8) is 0 Å². The molecule has 9 heavy (non-hydrogen) atoms. The van der Waals surface area contributed by atoms with Crippen molar-refractivity contribution >= 4 is 17.3 Å². The lowest BCUT2D eigenvalue weighted by atomic mass is 10.4. The summed E-state index contributed by atoms with van der Waals surface area (Å²) >= 11 is 4.60. The number of aliphatic hydroxyl groups is 1. The lowest BCUT2D eigenvalue weighted by Gasteiger charge is -2.01. The molecule has 0 saturated heterocycles. The molecule has 0 aromatic rings. The molecule has 0 radical (unpaired) electrons. The molecule has 0 aliphatic heterocycles. The van der Waals surface area contributed by atoms with Crippen molar-refractivity contribution in [1.82, 2.24) is 0 Å². The third-order valence-electron chi connectivity index (χ3n) is 0.890. The van der Waals surface area contributed by atoms with E-state index >= 15 is 0 Å². The van der Waals surface area contributed by atoms with Crippen LogP contribution in [0.2, 0.25) is 0 Å². The van der Waals surface area contributed by atoms with Gasteiger partial charge in [-0.1, -0.05) is 13.3 Å². The maximum Gasteiger partial charge on any atom is 0.185 e. The van der Waals surface area contributed by atoms with Crippen LogP contribution >= 0.6 is 12.2 Å². The monoisotopic (exact) mass is 148 g/mol. The highest BCUT2D eigenvalue weighted by Crippen LogP contribution is 1.88. The van der Waals surface area contributed by atoms with E-state index in [4.69, 9.17) is 9.84 Å². The molecule has 0 aromatic heterocycles. The zero-order valence-electron chi connectivity index (χ0n) is 5.59. The molecule has 1 N–H and O–H groups in total. The van der Waals surface area contributed by atoms with Gasteiger partial charge in [-0.05, 0) is 18.6 Å². The Morgan fingerprint density at radius 3 is 2.78 bits per heavy atom. The highest BCUT2D eigenvalue weighted by molar-refractivity contribution is 7.80. The van der Waals surface area contributed by atoms with E-state index in [0.717, 1.165) is 12.8 Å². The topological polar surface area (TPSA) is 29.5 Å². The van der Waals surface area contributed by atoms with Crippen molar-refractivity contribution in [2.75, 3.05) is 13.2 Å². The van der Waals surface area contributed by atoms with Gasteiger partial charge in [0.05, 0.1) is 6.61 Å². The van der Waals surface area contributed by atoms with Crippen molar-refractivity contribution in [1.29, 1.82) is 0 Å². The quantitative estimate of drug-likeness (QED) is 0.478. The molecule has 0 rings (SSSR count). The van der Waals surface area contributed by atoms with Crippen molar-refractivity contribution < 1.29 is 9.84 Å². The first-order valence-electron chi connectivity index (χ1n) is 3.07. The standard InChI is InChI=1S/C6H12O2S/c1-2-3-4-8-6(9)5-7/h7H,2-5H2,1H3. The van der Waals surface area contributed by atoms with E-state index in [-0.39, 0.29) is 6.61 Å². The van der Waals surface area contributed by atoms with E-state index in [2.05, 4.69) is 19.1 Å². The average molecular weight is 148 g/mol. The molecule has 0 fully saturated rings. The lowest BCUT2D eigenvalue weighted by Crippen LogP contribution is -2.06. The van der Waals surface area contributed by atoms with Gasteiger partial charge in [0.1, 0.15) is 6.61 Å². The molecular formula is C6H12O2S. The summed E-state index contributed by atoms with van der Waals surface area (Å²) in [6.45, 7) is 2.57. The second kappa shape index (κ2) is 5.98. The minimum absolute atomic E-state index is 0.140. The van der Waals surface area contributed by atoms with Gasteiger partial charge in [0.2, 0.25) is 0 Å². The Balaban J connectivity index is 2.97. The fourth-order valence-electron chi connectivity index (χ4n) is 0.376. The second-order valence-corrected chi connectivity index (χ2v) is 2.19. The van der Waals surface area contributed by atoms with E-state index in [0.29, 0.717) is 11.7 Å². The van der Waals surface area contributed by atoms with E-state index in [1.807, 2.05) is 0 Å². The normalized spacial score (nSPS) is 9.11. The first-order valence-corrected chi connectivity index (χ1v) is 3.48. The minimum Gasteiger partial charge on any atom is -0.485 e. The molecule has 54 valence electrons. The van der Waals surface area contributed by atoms with Crippen molar-refractivity contribution in [3.8, 4) is 0 Å². The van der Waals surface area contributed by atoms with E-state index in [9.17, 15) is 0 Å². The van der Waals surface area contributed by atoms with Gasteiger partial charge in [-0.2, -0.15) is 0 Å². The zero-order valence-corrected chi connectivity index (χ0v) is 6.41. The Bertz CT molecular complexity index is 83.1. The third-order valence-corrected chi connectivity index (χ3v) is 1.14. The fourth-order valence-corrected chi connectivity index (χ4v) is 0.459. The van der Waals surface area contributed by atoms with Gasteiger partial charge in [-0.15, -0.1) is 0 Å². The molecule has 0 aliphatic rings. The Morgan fingerprint density at radius 1 is 1.67 bits per heavy atom. The largest absolute Gasteiger partial charge is 0.485 e. The van der Waals surface area contributed by atoms with Crippen LogP contribution in [0.4, 0.5) is 0 Å². The first-order chi connectivity index (χ1) is 4.31. The molecule has 2 nitrogen and oxygen atoms in total. The number of unbranched alkanes of at least 4 members (excludes halogenated alkanes) is 1. The first kappa shape index (κ1) is 8.85. The highest BCUT2D eigenvalue weighted by Gasteiger charge is 1.91. The molecule has 3 heteroatoms. The van der Waals surface area contributed by atoms with Crippen LogP contribution in [0.1, 0.15) is 19.8 Å². The van der Waals surface area contributed by atoms with Crippen LogP contribution in [0.15, 0.2) is 0 Å². The van der Waals surface area contributed by atoms with E-state index < -0.39 is 0 Å². The Kier molecular flexibility index (Phi) is 5.88. The maximum atomic E-state index is 8.37. The third kappa shape index (κ3) is 5.73. The molecule has 0 aromatic carbocycles. The van der Waals surface area contributed by atoms with Gasteiger partial charge in [-0.25, -0.2) is 0 Å². The zero-order chi connectivity index (χ0) is 7.11. The van der Waals surface area contributed by atoms with Crippen LogP contribution in [0.3, 0.4) is 0 Å². The van der Waals surface area contributed by atoms with Gasteiger partial charge in [-0.3, -0.25) is 0 Å². The summed E-state index contributed by atoms with van der Waals surface area (Å²) in [7, 11) is 0. The molecule has 0 bridgehead atoms. The van der Waals surface area contributed by atoms with Gasteiger partial charge < -0.3 is 9.84 Å². The van der Waals surface area contributed by atoms with Crippen LogP contribution in [-0.4, -0.2) is 23.4 Å². The van der Waals surface area contributed by atoms with Crippen LogP contribution in [0.25, 0.3) is 0 Å². The van der Waals surface area contributed by atoms with Crippen molar-refractivity contribution in [3.05, 3.63) is 0 Å². The SMILES string of the molecule is CCCCOC(=S)CO. The van der Waals surface area contributed by atoms with Crippen LogP contribution in [-0.2, 0) is 4.74 Å². The molecule has 0 saturated carbocycles. The smallest absolute Gasteiger partial charge is 0.185 e. The molecule has 0 heterocycles. The summed E-state index contributed by atoms with van der Waals surface area (Å²) in [6, 6.07) is 0. The Morgan fingerprint density at radius 2 is 2.33 bits per heavy atom. The van der Waals surface area contributed by atoms with Crippen LogP contribution in [0.5, 0.6) is 0 Å². The number of ether oxygens (including phenoxy) is 1. The second-order valence-electron chi connectivity index (χ2n) is 1.73. The van der Waals surface area contributed by atoms with E-state index in [1.165, 1.54) is 0 Å². The number of hydrogen-bond donors (Lipinski definition) is 1. The molecule has 0 unspecified atom stereocenters. The number of thiocarbonyl (C=S) groups is 1. The van der Waals surface area contributed by atoms with Gasteiger partial charge in [0, 0.05) is 0 Å². The predicted molar refractivity (Wildman–Crippen MR) is 40.5 cm³/mol. The Labute approximate surface area is 60.8 Å². The van der Waals surface area contributed by atoms with Gasteiger partial charge in [0.15, 0.2) is 5.05 Å². The summed E-state index contributed by atoms with van der Waals surface area (Å²) in [5.41, 5.74) is 0. The molecule has 0 atom stereocenters. The number of aliphatic hydroxyl groups excluding tert-OH is 1. The summed E-state index contributed by atoms with van der Waals surface area (Å²) < 4.78 is 4.91. The number of hydrogen-bond acceptors (Lipinski definition) is 3. The van der Waals surface area contributed by atoms with Crippen molar-refractivity contribution in [2.24, 2.45) is 0 Å². The minimum atomic E-state index is -0.140. The summed E-state index contributed by atoms with van der Waals surface area (Å²) in [6.07, 6.45) is 2.09. The fraction of sp³-hybridized carbons (Fsp3) is 0.833. The summed E-state index contributed by atoms with van der Waals surface area (Å²) in [4.78, 5) is 0. The summed E-state index contributed by atoms with van der Waals surface area (Å²) in [5.74, 6) is 0. The average Bonchev–Trinajstić information content (AvgIpc) is 1.89. The summed E-state index contributed by atoms with van der Waals surface area (Å²) in [5, 5.41) is 8.66. The van der Waals surface area contributed by atoms with Gasteiger partial charge >= 0.3 is 0 Å². The molecule has 0 spiro atoms. The number of rotatable bonds is 4. The lowest BCUT2D eigenvalue weighted by molar-refractivity contribution is 0.258. The molecular weight excluding hydrogens is 136 g/mol. The maximum absolute atomic E-state index is 8.37. The van der Waals surface area contributed by atoms with Crippen molar-refractivity contribution in [2.45, 2.75) is 19.8 Å². The van der Waals surface area contributed by atoms with Crippen LogP contribution in [0, 0.1) is 0 Å². The molecule has 0 aliphatic carbocycles. The van der Waals surface area contributed by atoms with Gasteiger partial charge in [0.25, 0.3) is 0 Å².